The smallest absolute Gasteiger partial charge is 0.330 e. The number of benzene rings is 2. The van der Waals surface area contributed by atoms with Crippen molar-refractivity contribution < 1.29 is 24.2 Å². The molecule has 35 heavy (non-hydrogen) atoms. The van der Waals surface area contributed by atoms with Gasteiger partial charge in [0.05, 0.1) is 12.0 Å². The lowest BCUT2D eigenvalue weighted by molar-refractivity contribution is -0.159. The van der Waals surface area contributed by atoms with Crippen molar-refractivity contribution in [1.29, 1.82) is 0 Å². The van der Waals surface area contributed by atoms with Crippen LogP contribution in [0.3, 0.4) is 0 Å². The van der Waals surface area contributed by atoms with Crippen molar-refractivity contribution in [1.82, 2.24) is 4.90 Å². The Hall–Kier alpha value is -2.94. The summed E-state index contributed by atoms with van der Waals surface area (Å²) in [6.07, 6.45) is 1.96. The van der Waals surface area contributed by atoms with Crippen molar-refractivity contribution in [2.75, 3.05) is 20.0 Å². The zero-order valence-electron chi connectivity index (χ0n) is 19.7. The summed E-state index contributed by atoms with van der Waals surface area (Å²) < 4.78 is 5.13. The Bertz CT molecular complexity index is 1200. The highest BCUT2D eigenvalue weighted by Crippen LogP contribution is 2.57. The number of ether oxygens (including phenoxy) is 1. The predicted molar refractivity (Wildman–Crippen MR) is 137 cm³/mol. The number of hydrogen-bond donors (Lipinski definition) is 1. The van der Waals surface area contributed by atoms with Crippen molar-refractivity contribution >= 4 is 40.8 Å². The molecule has 6 nitrogen and oxygen atoms in total. The first-order chi connectivity index (χ1) is 16.8. The first kappa shape index (κ1) is 25.2. The van der Waals surface area contributed by atoms with E-state index in [-0.39, 0.29) is 12.4 Å². The number of carbonyl (C=O) groups is 3. The van der Waals surface area contributed by atoms with E-state index < -0.39 is 35.3 Å². The number of aliphatic carboxylic acids is 1. The van der Waals surface area contributed by atoms with E-state index in [4.69, 9.17) is 4.74 Å². The quantitative estimate of drug-likeness (QED) is 0.335. The van der Waals surface area contributed by atoms with Crippen LogP contribution in [0.15, 0.2) is 77.0 Å². The van der Waals surface area contributed by atoms with Gasteiger partial charge >= 0.3 is 5.97 Å². The van der Waals surface area contributed by atoms with Gasteiger partial charge in [-0.15, -0.1) is 23.1 Å². The number of rotatable bonds is 8. The van der Waals surface area contributed by atoms with E-state index in [0.29, 0.717) is 11.1 Å². The molecular formula is C27H27NO5S2. The van der Waals surface area contributed by atoms with Crippen molar-refractivity contribution in [2.24, 2.45) is 5.92 Å². The van der Waals surface area contributed by atoms with Crippen molar-refractivity contribution in [3.05, 3.63) is 88.1 Å². The molecule has 1 fully saturated rings. The second-order valence-electron chi connectivity index (χ2n) is 8.62. The third-order valence-electron chi connectivity index (χ3n) is 6.72. The number of thioether (sulfide) groups is 1. The molecule has 0 saturated carbocycles. The largest absolute Gasteiger partial charge is 0.479 e. The van der Waals surface area contributed by atoms with Crippen LogP contribution >= 0.6 is 23.1 Å². The maximum absolute atomic E-state index is 14.2. The molecule has 1 aliphatic heterocycles. The molecular weight excluding hydrogens is 482 g/mol. The average molecular weight is 510 g/mol. The third-order valence-corrected chi connectivity index (χ3v) is 8.41. The maximum atomic E-state index is 14.2. The Morgan fingerprint density at radius 1 is 1.06 bits per heavy atom. The van der Waals surface area contributed by atoms with Crippen LogP contribution in [0.5, 0.6) is 0 Å². The van der Waals surface area contributed by atoms with Gasteiger partial charge < -0.3 is 14.7 Å². The lowest BCUT2D eigenvalue weighted by atomic mass is 9.72. The maximum Gasteiger partial charge on any atom is 0.330 e. The van der Waals surface area contributed by atoms with Gasteiger partial charge in [-0.05, 0) is 42.3 Å². The number of amides is 1. The summed E-state index contributed by atoms with van der Waals surface area (Å²) in [6.45, 7) is 1.26. The van der Waals surface area contributed by atoms with E-state index in [0.717, 1.165) is 9.77 Å². The highest BCUT2D eigenvalue weighted by molar-refractivity contribution is 7.98. The zero-order valence-corrected chi connectivity index (χ0v) is 21.3. The summed E-state index contributed by atoms with van der Waals surface area (Å²) in [7, 11) is 1.40. The summed E-state index contributed by atoms with van der Waals surface area (Å²) >= 11 is 2.99. The van der Waals surface area contributed by atoms with Gasteiger partial charge in [0.1, 0.15) is 12.1 Å². The minimum Gasteiger partial charge on any atom is -0.479 e. The summed E-state index contributed by atoms with van der Waals surface area (Å²) in [6, 6.07) is 19.4. The van der Waals surface area contributed by atoms with Gasteiger partial charge in [0.15, 0.2) is 5.78 Å². The molecule has 2 heterocycles. The second kappa shape index (κ2) is 10.4. The van der Waals surface area contributed by atoms with Crippen LogP contribution in [0.4, 0.5) is 0 Å². The van der Waals surface area contributed by atoms with Gasteiger partial charge in [-0.3, -0.25) is 9.59 Å². The Labute approximate surface area is 212 Å². The molecule has 1 aromatic heterocycles. The highest BCUT2D eigenvalue weighted by Gasteiger charge is 2.64. The number of methoxy groups -OCH3 is 1. The van der Waals surface area contributed by atoms with Crippen molar-refractivity contribution in [3.8, 4) is 0 Å². The van der Waals surface area contributed by atoms with Crippen LogP contribution in [0.2, 0.25) is 0 Å². The number of carbonyl (C=O) groups excluding carboxylic acids is 2. The Morgan fingerprint density at radius 2 is 1.74 bits per heavy atom. The Kier molecular flexibility index (Phi) is 7.44. The molecule has 1 amide bonds. The molecule has 0 bridgehead atoms. The summed E-state index contributed by atoms with van der Waals surface area (Å²) in [5.41, 5.74) is -0.486. The predicted octanol–water partition coefficient (Wildman–Crippen LogP) is 5.13. The minimum atomic E-state index is -1.68. The first-order valence-corrected chi connectivity index (χ1v) is 13.3. The Morgan fingerprint density at radius 3 is 2.29 bits per heavy atom. The number of nitrogens with zero attached hydrogens (tertiary/aromatic N) is 1. The molecule has 4 rings (SSSR count). The molecule has 1 aliphatic rings. The van der Waals surface area contributed by atoms with Gasteiger partial charge in [-0.2, -0.15) is 0 Å². The molecule has 0 radical (unpaired) electrons. The van der Waals surface area contributed by atoms with Crippen LogP contribution in [0.25, 0.3) is 0 Å². The number of Topliss-reactive ketones (excluding diaryl/α,β-unsaturated/α-hetero) is 1. The van der Waals surface area contributed by atoms with Crippen LogP contribution < -0.4 is 0 Å². The summed E-state index contributed by atoms with van der Waals surface area (Å²) in [5.74, 6) is -3.40. The third kappa shape index (κ3) is 4.42. The van der Waals surface area contributed by atoms with Crippen LogP contribution in [-0.4, -0.2) is 53.2 Å². The molecule has 0 spiro atoms. The molecule has 2 aromatic carbocycles. The standard InChI is InChI=1S/C27H27NO5S2/c1-27(26(31)32)23(17-8-5-4-6-9-17)22(25(30)18-11-13-19(34-3)14-12-18)24(20-10-7-15-35-20)28(27)21(29)16-33-2/h4-15,22-24H,16H2,1-3H3,(H,31,32). The number of carboxylic acids is 1. The monoisotopic (exact) mass is 509 g/mol. The number of likely N-dealkylation sites (tertiary alicyclic amines) is 1. The Balaban J connectivity index is 1.98. The molecule has 1 N–H and O–H groups in total. The van der Waals surface area contributed by atoms with Crippen molar-refractivity contribution in [2.45, 2.75) is 29.3 Å². The fourth-order valence-corrected chi connectivity index (χ4v) is 6.44. The zero-order chi connectivity index (χ0) is 25.2. The topological polar surface area (TPSA) is 83.9 Å². The highest BCUT2D eigenvalue weighted by atomic mass is 32.2. The average Bonchev–Trinajstić information content (AvgIpc) is 3.49. The van der Waals surface area contributed by atoms with Crippen LogP contribution in [-0.2, 0) is 14.3 Å². The molecule has 8 heteroatoms. The lowest BCUT2D eigenvalue weighted by Crippen LogP contribution is -2.55. The molecule has 3 aromatic rings. The fraction of sp³-hybridized carbons (Fsp3) is 0.296. The van der Waals surface area contributed by atoms with Gasteiger partial charge in [0, 0.05) is 28.4 Å². The molecule has 4 unspecified atom stereocenters. The van der Waals surface area contributed by atoms with Crippen molar-refractivity contribution in [3.63, 3.8) is 0 Å². The number of thiophene rings is 1. The summed E-state index contributed by atoms with van der Waals surface area (Å²) in [4.78, 5) is 43.8. The molecule has 1 saturated heterocycles. The van der Waals surface area contributed by atoms with Gasteiger partial charge in [0.25, 0.3) is 0 Å². The SMILES string of the molecule is COCC(=O)N1C(c2cccs2)C(C(=O)c2ccc(SC)cc2)C(c2ccccc2)C1(C)C(=O)O. The molecule has 0 aliphatic carbocycles. The second-order valence-corrected chi connectivity index (χ2v) is 10.5. The summed E-state index contributed by atoms with van der Waals surface area (Å²) in [5, 5.41) is 12.5. The normalized spacial score (nSPS) is 23.9. The van der Waals surface area contributed by atoms with Crippen LogP contribution in [0.1, 0.15) is 39.7 Å². The number of ketones is 1. The van der Waals surface area contributed by atoms with E-state index in [1.54, 1.807) is 30.8 Å². The fourth-order valence-electron chi connectivity index (χ4n) is 5.17. The van der Waals surface area contributed by atoms with Gasteiger partial charge in [-0.1, -0.05) is 48.5 Å². The molecule has 182 valence electrons. The first-order valence-electron chi connectivity index (χ1n) is 11.2. The van der Waals surface area contributed by atoms with E-state index in [2.05, 4.69) is 0 Å². The van der Waals surface area contributed by atoms with E-state index in [1.807, 2.05) is 66.2 Å². The molecule has 4 atom stereocenters. The van der Waals surface area contributed by atoms with E-state index in [1.165, 1.54) is 23.3 Å². The van der Waals surface area contributed by atoms with E-state index in [9.17, 15) is 19.5 Å². The van der Waals surface area contributed by atoms with Gasteiger partial charge in [0.2, 0.25) is 5.91 Å². The van der Waals surface area contributed by atoms with Crippen LogP contribution in [0, 0.1) is 5.92 Å². The van der Waals surface area contributed by atoms with E-state index >= 15 is 0 Å². The number of carboxylic acid groups (broad SMARTS) is 1. The number of hydrogen-bond acceptors (Lipinski definition) is 6. The minimum absolute atomic E-state index is 0.190. The van der Waals surface area contributed by atoms with Gasteiger partial charge in [-0.25, -0.2) is 4.79 Å². The lowest BCUT2D eigenvalue weighted by Gasteiger charge is -2.37.